The third-order valence-electron chi connectivity index (χ3n) is 2.43. The van der Waals surface area contributed by atoms with Crippen molar-refractivity contribution in [2.75, 3.05) is 5.88 Å². The van der Waals surface area contributed by atoms with Crippen LogP contribution in [0, 0.1) is 5.82 Å². The first-order valence-corrected chi connectivity index (χ1v) is 6.66. The lowest BCUT2D eigenvalue weighted by Crippen LogP contribution is -2.07. The highest BCUT2D eigenvalue weighted by Gasteiger charge is 2.34. The van der Waals surface area contributed by atoms with Gasteiger partial charge in [0.25, 0.3) is 0 Å². The summed E-state index contributed by atoms with van der Waals surface area (Å²) in [4.78, 5) is 15.1. The molecule has 0 spiro atoms. The first-order valence-electron chi connectivity index (χ1n) is 5.24. The molecular formula is C12H6ClF4NOS. The summed E-state index contributed by atoms with van der Waals surface area (Å²) in [6.07, 6.45) is -4.63. The summed E-state index contributed by atoms with van der Waals surface area (Å²) >= 11 is 6.17. The Kier molecular flexibility index (Phi) is 4.10. The van der Waals surface area contributed by atoms with Crippen LogP contribution in [0.15, 0.2) is 23.6 Å². The lowest BCUT2D eigenvalue weighted by Gasteiger charge is -2.10. The van der Waals surface area contributed by atoms with Crippen LogP contribution in [-0.2, 0) is 6.18 Å². The third-order valence-corrected chi connectivity index (χ3v) is 3.55. The number of rotatable bonds is 3. The zero-order valence-corrected chi connectivity index (χ0v) is 11.2. The van der Waals surface area contributed by atoms with E-state index in [1.54, 1.807) is 0 Å². The number of ketones is 1. The Hall–Kier alpha value is -1.47. The third kappa shape index (κ3) is 2.99. The van der Waals surface area contributed by atoms with Gasteiger partial charge in [-0.15, -0.1) is 22.9 Å². The van der Waals surface area contributed by atoms with Crippen LogP contribution in [0.3, 0.4) is 0 Å². The Balaban J connectivity index is 2.54. The molecule has 0 radical (unpaired) electrons. The highest BCUT2D eigenvalue weighted by Crippen LogP contribution is 2.38. The van der Waals surface area contributed by atoms with Crippen LogP contribution in [0.1, 0.15) is 16.1 Å². The Bertz CT molecular complexity index is 653. The van der Waals surface area contributed by atoms with E-state index in [0.29, 0.717) is 6.07 Å². The second-order valence-electron chi connectivity index (χ2n) is 3.78. The van der Waals surface area contributed by atoms with Crippen LogP contribution in [0.25, 0.3) is 10.6 Å². The normalized spacial score (nSPS) is 11.7. The summed E-state index contributed by atoms with van der Waals surface area (Å²) in [5.74, 6) is -1.63. The Morgan fingerprint density at radius 1 is 1.35 bits per heavy atom. The molecule has 0 saturated carbocycles. The maximum absolute atomic E-state index is 13.2. The first-order chi connectivity index (χ1) is 9.32. The standard InChI is InChI=1S/C12H6ClF4NOS/c13-4-10(19)9-5-20-11(18-9)7-3-6(14)1-2-8(7)12(15,16)17/h1-3,5H,4H2. The van der Waals surface area contributed by atoms with Crippen LogP contribution in [-0.4, -0.2) is 16.6 Å². The van der Waals surface area contributed by atoms with E-state index < -0.39 is 28.9 Å². The average molecular weight is 324 g/mol. The molecule has 0 aliphatic heterocycles. The molecule has 2 nitrogen and oxygen atoms in total. The average Bonchev–Trinajstić information content (AvgIpc) is 2.85. The number of carbonyl (C=O) groups excluding carboxylic acids is 1. The molecule has 0 amide bonds. The summed E-state index contributed by atoms with van der Waals surface area (Å²) in [5, 5.41) is 1.22. The number of benzene rings is 1. The van der Waals surface area contributed by atoms with E-state index in [1.807, 2.05) is 0 Å². The highest BCUT2D eigenvalue weighted by molar-refractivity contribution is 7.13. The summed E-state index contributed by atoms with van der Waals surface area (Å²) in [6, 6.07) is 2.12. The Labute approximate surface area is 120 Å². The number of alkyl halides is 4. The van der Waals surface area contributed by atoms with Crippen molar-refractivity contribution in [3.63, 3.8) is 0 Å². The van der Waals surface area contributed by atoms with Crippen molar-refractivity contribution in [1.29, 1.82) is 0 Å². The number of halogens is 5. The zero-order chi connectivity index (χ0) is 14.9. The number of hydrogen-bond donors (Lipinski definition) is 0. The highest BCUT2D eigenvalue weighted by atomic mass is 35.5. The molecular weight excluding hydrogens is 318 g/mol. The van der Waals surface area contributed by atoms with Gasteiger partial charge in [0.2, 0.25) is 0 Å². The predicted molar refractivity (Wildman–Crippen MR) is 67.6 cm³/mol. The van der Waals surface area contributed by atoms with Gasteiger partial charge in [-0.3, -0.25) is 4.79 Å². The van der Waals surface area contributed by atoms with Crippen molar-refractivity contribution in [2.24, 2.45) is 0 Å². The fourth-order valence-electron chi connectivity index (χ4n) is 1.53. The van der Waals surface area contributed by atoms with Gasteiger partial charge in [0.05, 0.1) is 11.4 Å². The molecule has 0 fully saturated rings. The maximum Gasteiger partial charge on any atom is 0.417 e. The molecule has 20 heavy (non-hydrogen) atoms. The van der Waals surface area contributed by atoms with Crippen molar-refractivity contribution in [2.45, 2.75) is 6.18 Å². The van der Waals surface area contributed by atoms with E-state index in [1.165, 1.54) is 5.38 Å². The van der Waals surface area contributed by atoms with Gasteiger partial charge in [0.1, 0.15) is 16.5 Å². The van der Waals surface area contributed by atoms with E-state index in [9.17, 15) is 22.4 Å². The summed E-state index contributed by atoms with van der Waals surface area (Å²) in [5.41, 5.74) is -1.42. The molecule has 0 N–H and O–H groups in total. The molecule has 0 atom stereocenters. The molecule has 8 heteroatoms. The molecule has 0 aliphatic carbocycles. The van der Waals surface area contributed by atoms with Crippen molar-refractivity contribution >= 4 is 28.7 Å². The van der Waals surface area contributed by atoms with E-state index >= 15 is 0 Å². The van der Waals surface area contributed by atoms with E-state index in [4.69, 9.17) is 11.6 Å². The van der Waals surface area contributed by atoms with Crippen molar-refractivity contribution in [3.8, 4) is 10.6 Å². The molecule has 1 aromatic heterocycles. The minimum absolute atomic E-state index is 0.0302. The summed E-state index contributed by atoms with van der Waals surface area (Å²) in [7, 11) is 0. The molecule has 1 heterocycles. The minimum Gasteiger partial charge on any atom is -0.291 e. The number of Topliss-reactive ketones (excluding diaryl/α,β-unsaturated/α-hetero) is 1. The zero-order valence-electron chi connectivity index (χ0n) is 9.67. The van der Waals surface area contributed by atoms with Gasteiger partial charge in [-0.25, -0.2) is 9.37 Å². The van der Waals surface area contributed by atoms with Crippen LogP contribution in [0.2, 0.25) is 0 Å². The first kappa shape index (κ1) is 14.9. The second-order valence-corrected chi connectivity index (χ2v) is 4.91. The van der Waals surface area contributed by atoms with Crippen molar-refractivity contribution in [3.05, 3.63) is 40.7 Å². The van der Waals surface area contributed by atoms with Crippen LogP contribution >= 0.6 is 22.9 Å². The van der Waals surface area contributed by atoms with Crippen molar-refractivity contribution in [1.82, 2.24) is 4.98 Å². The molecule has 0 saturated heterocycles. The quantitative estimate of drug-likeness (QED) is 0.476. The smallest absolute Gasteiger partial charge is 0.291 e. The number of hydrogen-bond acceptors (Lipinski definition) is 3. The van der Waals surface area contributed by atoms with Crippen LogP contribution in [0.5, 0.6) is 0 Å². The van der Waals surface area contributed by atoms with Crippen LogP contribution in [0.4, 0.5) is 17.6 Å². The lowest BCUT2D eigenvalue weighted by atomic mass is 10.1. The number of thiazole rings is 1. The second kappa shape index (κ2) is 5.49. The fraction of sp³-hybridized carbons (Fsp3) is 0.167. The Morgan fingerprint density at radius 2 is 2.05 bits per heavy atom. The monoisotopic (exact) mass is 323 g/mol. The van der Waals surface area contributed by atoms with Gasteiger partial charge in [-0.1, -0.05) is 0 Å². The van der Waals surface area contributed by atoms with E-state index in [0.717, 1.165) is 23.5 Å². The van der Waals surface area contributed by atoms with Gasteiger partial charge in [0.15, 0.2) is 5.78 Å². The van der Waals surface area contributed by atoms with Crippen molar-refractivity contribution < 1.29 is 22.4 Å². The summed E-state index contributed by atoms with van der Waals surface area (Å²) < 4.78 is 51.8. The molecule has 2 rings (SSSR count). The van der Waals surface area contributed by atoms with E-state index in [-0.39, 0.29) is 16.6 Å². The van der Waals surface area contributed by atoms with Gasteiger partial charge >= 0.3 is 6.18 Å². The molecule has 0 bridgehead atoms. The van der Waals surface area contributed by atoms with Gasteiger partial charge in [-0.2, -0.15) is 13.2 Å². The van der Waals surface area contributed by atoms with E-state index in [2.05, 4.69) is 4.98 Å². The molecule has 106 valence electrons. The Morgan fingerprint density at radius 3 is 2.65 bits per heavy atom. The molecule has 2 aromatic rings. The minimum atomic E-state index is -4.63. The lowest BCUT2D eigenvalue weighted by molar-refractivity contribution is -0.137. The molecule has 1 aromatic carbocycles. The SMILES string of the molecule is O=C(CCl)c1csc(-c2cc(F)ccc2C(F)(F)F)n1. The summed E-state index contributed by atoms with van der Waals surface area (Å²) in [6.45, 7) is 0. The van der Waals surface area contributed by atoms with Gasteiger partial charge in [0, 0.05) is 10.9 Å². The fourth-order valence-corrected chi connectivity index (χ4v) is 2.53. The maximum atomic E-state index is 13.2. The van der Waals surface area contributed by atoms with Gasteiger partial charge < -0.3 is 0 Å². The molecule has 0 unspecified atom stereocenters. The topological polar surface area (TPSA) is 30.0 Å². The van der Waals surface area contributed by atoms with Crippen LogP contribution < -0.4 is 0 Å². The largest absolute Gasteiger partial charge is 0.417 e. The number of carbonyl (C=O) groups is 1. The molecule has 0 aliphatic rings. The number of aromatic nitrogens is 1. The number of nitrogens with zero attached hydrogens (tertiary/aromatic N) is 1. The van der Waals surface area contributed by atoms with Gasteiger partial charge in [-0.05, 0) is 18.2 Å². The predicted octanol–water partition coefficient (Wildman–Crippen LogP) is 4.39.